The van der Waals surface area contributed by atoms with E-state index in [1.165, 1.54) is 0 Å². The van der Waals surface area contributed by atoms with Gasteiger partial charge in [-0.2, -0.15) is 10.5 Å². The molecule has 110 valence electrons. The molecule has 0 aromatic carbocycles. The van der Waals surface area contributed by atoms with E-state index >= 15 is 0 Å². The van der Waals surface area contributed by atoms with Crippen LogP contribution in [0.15, 0.2) is 0 Å². The highest BCUT2D eigenvalue weighted by Crippen LogP contribution is 2.28. The number of unbranched alkanes of at least 4 members (excludes halogenated alkanes) is 1. The van der Waals surface area contributed by atoms with Gasteiger partial charge >= 0.3 is 12.0 Å². The number of nitrogens with zero attached hydrogens (tertiary/aromatic N) is 2. The fourth-order valence-corrected chi connectivity index (χ4v) is 4.34. The fraction of sp³-hybridized carbons (Fsp3) is 0.778. The summed E-state index contributed by atoms with van der Waals surface area (Å²) in [6.45, 7) is 1.82. The molecule has 0 heterocycles. The van der Waals surface area contributed by atoms with Crippen LogP contribution in [0.25, 0.3) is 0 Å². The first-order valence-electron chi connectivity index (χ1n) is 5.42. The molecule has 2 nitrogen and oxygen atoms in total. The molecule has 0 fully saturated rings. The van der Waals surface area contributed by atoms with Crippen LogP contribution in [0.5, 0.6) is 0 Å². The van der Waals surface area contributed by atoms with Gasteiger partial charge in [0.1, 0.15) is 0 Å². The molecular weight excluding hydrogens is 405 g/mol. The Hall–Kier alpha value is 1.15. The number of nitriles is 2. The molecule has 0 aromatic heterocycles. The minimum atomic E-state index is -2.47. The van der Waals surface area contributed by atoms with Gasteiger partial charge in [-0.1, -0.05) is 0 Å². The monoisotopic (exact) mass is 416 g/mol. The molecule has 19 heavy (non-hydrogen) atoms. The van der Waals surface area contributed by atoms with Crippen LogP contribution >= 0.6 is 66.5 Å². The van der Waals surface area contributed by atoms with Gasteiger partial charge in [0.25, 0.3) is 0 Å². The zero-order chi connectivity index (χ0) is 15.5. The SMILES string of the molecule is CC(C#N)CC[Si](Cl)(Cl)Cl.N#CCCC[Si](Cl)(Cl)Cl. The van der Waals surface area contributed by atoms with Gasteiger partial charge in [0.05, 0.1) is 12.1 Å². The second-order valence-corrected chi connectivity index (χ2v) is 22.4. The van der Waals surface area contributed by atoms with Crippen LogP contribution in [0.4, 0.5) is 0 Å². The van der Waals surface area contributed by atoms with Crippen molar-refractivity contribution >= 4 is 78.5 Å². The highest BCUT2D eigenvalue weighted by molar-refractivity contribution is 7.65. The average molecular weight is 419 g/mol. The minimum absolute atomic E-state index is 0.00289. The van der Waals surface area contributed by atoms with E-state index in [0.717, 1.165) is 0 Å². The largest absolute Gasteiger partial charge is 0.341 e. The van der Waals surface area contributed by atoms with Gasteiger partial charge in [0.2, 0.25) is 0 Å². The Bertz CT molecular complexity index is 315. The number of hydrogen-bond acceptors (Lipinski definition) is 2. The van der Waals surface area contributed by atoms with Crippen LogP contribution in [-0.4, -0.2) is 12.0 Å². The van der Waals surface area contributed by atoms with E-state index in [1.807, 2.05) is 13.0 Å². The molecule has 0 aliphatic rings. The smallest absolute Gasteiger partial charge is 0.198 e. The molecule has 0 N–H and O–H groups in total. The Morgan fingerprint density at radius 1 is 0.947 bits per heavy atom. The number of halogens is 6. The van der Waals surface area contributed by atoms with Crippen molar-refractivity contribution in [3.05, 3.63) is 0 Å². The normalized spacial score (nSPS) is 12.7. The maximum absolute atomic E-state index is 8.37. The van der Waals surface area contributed by atoms with E-state index in [4.69, 9.17) is 77.0 Å². The molecule has 0 radical (unpaired) electrons. The Morgan fingerprint density at radius 2 is 1.42 bits per heavy atom. The van der Waals surface area contributed by atoms with Crippen LogP contribution in [0.2, 0.25) is 12.1 Å². The van der Waals surface area contributed by atoms with Crippen LogP contribution in [0.1, 0.15) is 26.2 Å². The van der Waals surface area contributed by atoms with Crippen LogP contribution < -0.4 is 0 Å². The molecule has 0 aromatic rings. The molecule has 0 amide bonds. The predicted octanol–water partition coefficient (Wildman–Crippen LogP) is 6.14. The Labute approximate surface area is 144 Å². The molecule has 0 bridgehead atoms. The summed E-state index contributed by atoms with van der Waals surface area (Å²) in [5.74, 6) is 0.00289. The van der Waals surface area contributed by atoms with E-state index < -0.39 is 12.0 Å². The first-order valence-corrected chi connectivity index (χ1v) is 15.9. The molecule has 1 unspecified atom stereocenters. The maximum Gasteiger partial charge on any atom is 0.341 e. The fourth-order valence-electron chi connectivity index (χ4n) is 0.813. The van der Waals surface area contributed by atoms with Gasteiger partial charge in [-0.25, -0.2) is 0 Å². The standard InChI is InChI=1S/C5H8Cl3NSi.C4H6Cl3NSi/c1-5(4-9)2-3-10(6,7)8;5-9(6,7)4-2-1-3-8/h5H,2-3H2,1H3;1-2,4H2. The number of rotatable bonds is 6. The lowest BCUT2D eigenvalue weighted by molar-refractivity contribution is 0.710. The third kappa shape index (κ3) is 24.5. The molecule has 0 aliphatic heterocycles. The van der Waals surface area contributed by atoms with Crippen LogP contribution in [-0.2, 0) is 0 Å². The maximum atomic E-state index is 8.37. The second kappa shape index (κ2) is 11.8. The van der Waals surface area contributed by atoms with E-state index in [0.29, 0.717) is 31.4 Å². The predicted molar refractivity (Wildman–Crippen MR) is 90.5 cm³/mol. The van der Waals surface area contributed by atoms with Crippen molar-refractivity contribution in [3.63, 3.8) is 0 Å². The first kappa shape index (κ1) is 22.4. The van der Waals surface area contributed by atoms with Crippen molar-refractivity contribution in [3.8, 4) is 12.1 Å². The lowest BCUT2D eigenvalue weighted by atomic mass is 10.1. The van der Waals surface area contributed by atoms with Crippen molar-refractivity contribution in [2.24, 2.45) is 5.92 Å². The molecule has 0 rings (SSSR count). The summed E-state index contributed by atoms with van der Waals surface area (Å²) in [5, 5.41) is 16.5. The average Bonchev–Trinajstić information content (AvgIpc) is 2.24. The zero-order valence-electron chi connectivity index (χ0n) is 10.3. The summed E-state index contributed by atoms with van der Waals surface area (Å²) in [7, 11) is 0. The van der Waals surface area contributed by atoms with Crippen LogP contribution in [0, 0.1) is 28.6 Å². The summed E-state index contributed by atoms with van der Waals surface area (Å²) < 4.78 is 0. The van der Waals surface area contributed by atoms with Gasteiger partial charge in [-0.05, 0) is 31.9 Å². The summed E-state index contributed by atoms with van der Waals surface area (Å²) in [4.78, 5) is 0. The highest BCUT2D eigenvalue weighted by Gasteiger charge is 2.25. The molecule has 1 atom stereocenters. The topological polar surface area (TPSA) is 47.6 Å². The van der Waals surface area contributed by atoms with Gasteiger partial charge in [0.15, 0.2) is 0 Å². The van der Waals surface area contributed by atoms with Gasteiger partial charge in [-0.15, -0.1) is 66.5 Å². The summed E-state index contributed by atoms with van der Waals surface area (Å²) in [5.41, 5.74) is 0. The molecule has 0 saturated carbocycles. The number of hydrogen-bond donors (Lipinski definition) is 0. The third-order valence-corrected chi connectivity index (χ3v) is 7.01. The van der Waals surface area contributed by atoms with Gasteiger partial charge in [0, 0.05) is 12.3 Å². The van der Waals surface area contributed by atoms with E-state index in [9.17, 15) is 0 Å². The molecule has 10 heteroatoms. The van der Waals surface area contributed by atoms with Crippen molar-refractivity contribution in [2.75, 3.05) is 0 Å². The first-order chi connectivity index (χ1) is 8.52. The Morgan fingerprint density at radius 3 is 1.74 bits per heavy atom. The van der Waals surface area contributed by atoms with Gasteiger partial charge in [-0.3, -0.25) is 0 Å². The summed E-state index contributed by atoms with van der Waals surface area (Å²) in [6, 6.07) is 0.335. The molecule has 0 aliphatic carbocycles. The zero-order valence-corrected chi connectivity index (χ0v) is 16.8. The van der Waals surface area contributed by atoms with E-state index in [2.05, 4.69) is 6.07 Å². The van der Waals surface area contributed by atoms with Crippen molar-refractivity contribution < 1.29 is 0 Å². The van der Waals surface area contributed by atoms with Crippen molar-refractivity contribution in [2.45, 2.75) is 38.3 Å². The summed E-state index contributed by atoms with van der Waals surface area (Å²) >= 11 is 33.4. The van der Waals surface area contributed by atoms with Crippen molar-refractivity contribution in [1.29, 1.82) is 10.5 Å². The Kier molecular flexibility index (Phi) is 13.9. The Balaban J connectivity index is 0. The van der Waals surface area contributed by atoms with Crippen molar-refractivity contribution in [1.82, 2.24) is 0 Å². The lowest BCUT2D eigenvalue weighted by Crippen LogP contribution is -2.09. The van der Waals surface area contributed by atoms with Crippen LogP contribution in [0.3, 0.4) is 0 Å². The minimum Gasteiger partial charge on any atom is -0.198 e. The third-order valence-electron chi connectivity index (χ3n) is 1.83. The lowest BCUT2D eigenvalue weighted by Gasteiger charge is -2.07. The molecule has 0 spiro atoms. The molecule has 0 saturated heterocycles. The summed E-state index contributed by atoms with van der Waals surface area (Å²) in [6.07, 6.45) is 1.89. The second-order valence-electron chi connectivity index (χ2n) is 3.81. The molecular formula is C9H14Cl6N2Si2. The van der Waals surface area contributed by atoms with E-state index in [-0.39, 0.29) is 5.92 Å². The van der Waals surface area contributed by atoms with Gasteiger partial charge < -0.3 is 0 Å². The quantitative estimate of drug-likeness (QED) is 0.295. The van der Waals surface area contributed by atoms with E-state index in [1.54, 1.807) is 0 Å². The highest BCUT2D eigenvalue weighted by atomic mass is 35.8.